The van der Waals surface area contributed by atoms with Gasteiger partial charge in [0.25, 0.3) is 5.91 Å². The summed E-state index contributed by atoms with van der Waals surface area (Å²) < 4.78 is 18.1. The zero-order chi connectivity index (χ0) is 32.5. The Morgan fingerprint density at radius 2 is 2.04 bits per heavy atom. The van der Waals surface area contributed by atoms with Gasteiger partial charge in [0, 0.05) is 38.2 Å². The van der Waals surface area contributed by atoms with Gasteiger partial charge in [-0.1, -0.05) is 18.2 Å². The van der Waals surface area contributed by atoms with Gasteiger partial charge in [-0.15, -0.1) is 11.3 Å². The molecule has 0 bridgehead atoms. The fourth-order valence-corrected chi connectivity index (χ4v) is 7.31. The fourth-order valence-electron chi connectivity index (χ4n) is 6.10. The van der Waals surface area contributed by atoms with Crippen molar-refractivity contribution in [2.45, 2.75) is 70.2 Å². The second-order valence-corrected chi connectivity index (χ2v) is 12.9. The van der Waals surface area contributed by atoms with Gasteiger partial charge in [-0.2, -0.15) is 0 Å². The number of fused-ring (bicyclic) bond motifs is 1. The van der Waals surface area contributed by atoms with Crippen LogP contribution < -0.4 is 9.64 Å². The maximum Gasteiger partial charge on any atom is 0.329 e. The molecule has 240 valence electrons. The number of hydrogen-bond acceptors (Lipinski definition) is 10. The maximum absolute atomic E-state index is 14.0. The lowest BCUT2D eigenvalue weighted by Gasteiger charge is -2.37. The van der Waals surface area contributed by atoms with Gasteiger partial charge in [-0.25, -0.2) is 9.78 Å². The summed E-state index contributed by atoms with van der Waals surface area (Å²) in [5.41, 5.74) is -0.289. The van der Waals surface area contributed by atoms with E-state index in [2.05, 4.69) is 4.98 Å². The zero-order valence-electron chi connectivity index (χ0n) is 26.0. The molecule has 2 aliphatic rings. The summed E-state index contributed by atoms with van der Waals surface area (Å²) >= 11 is 1.26. The maximum atomic E-state index is 14.0. The summed E-state index contributed by atoms with van der Waals surface area (Å²) in [4.78, 5) is 60.0. The fraction of sp³-hybridized carbons (Fsp3) is 0.469. The number of oxazole rings is 1. The molecule has 3 aromatic rings. The number of hydrogen-bond donors (Lipinski definition) is 1. The molecule has 1 aromatic carbocycles. The number of thiophene rings is 1. The Morgan fingerprint density at radius 3 is 2.71 bits per heavy atom. The molecule has 2 fully saturated rings. The molecule has 2 saturated heterocycles. The van der Waals surface area contributed by atoms with Gasteiger partial charge in [0.2, 0.25) is 18.2 Å². The van der Waals surface area contributed by atoms with Gasteiger partial charge in [0.15, 0.2) is 0 Å². The number of carboxylic acid groups (broad SMARTS) is 1. The molecule has 13 heteroatoms. The highest BCUT2D eigenvalue weighted by molar-refractivity contribution is 7.20. The molecular formula is C32H38N4O8S. The molecule has 12 nitrogen and oxygen atoms in total. The van der Waals surface area contributed by atoms with Crippen LogP contribution in [0.5, 0.6) is 5.75 Å². The van der Waals surface area contributed by atoms with Crippen molar-refractivity contribution in [2.24, 2.45) is 0 Å². The molecule has 1 N–H and O–H groups in total. The highest BCUT2D eigenvalue weighted by Gasteiger charge is 2.42. The number of imide groups is 1. The Labute approximate surface area is 265 Å². The summed E-state index contributed by atoms with van der Waals surface area (Å²) in [6.45, 7) is 5.26. The second-order valence-electron chi connectivity index (χ2n) is 11.9. The van der Waals surface area contributed by atoms with Gasteiger partial charge in [0.1, 0.15) is 28.7 Å². The number of benzene rings is 1. The van der Waals surface area contributed by atoms with E-state index in [1.807, 2.05) is 41.1 Å². The van der Waals surface area contributed by atoms with E-state index in [9.17, 15) is 24.3 Å². The van der Waals surface area contributed by atoms with Crippen LogP contribution in [-0.2, 0) is 19.1 Å². The molecule has 0 radical (unpaired) electrons. The highest BCUT2D eigenvalue weighted by Crippen LogP contribution is 2.43. The molecule has 3 amide bonds. The number of carbonyl (C=O) groups excluding carboxylic acids is 3. The third-order valence-electron chi connectivity index (χ3n) is 8.73. The van der Waals surface area contributed by atoms with Crippen molar-refractivity contribution >= 4 is 40.5 Å². The van der Waals surface area contributed by atoms with Crippen LogP contribution in [0.4, 0.5) is 5.00 Å². The van der Waals surface area contributed by atoms with E-state index < -0.39 is 23.5 Å². The zero-order valence-corrected chi connectivity index (χ0v) is 26.8. The second kappa shape index (κ2) is 13.0. The van der Waals surface area contributed by atoms with E-state index >= 15 is 0 Å². The number of carboxylic acids is 1. The predicted octanol–water partition coefficient (Wildman–Crippen LogP) is 4.53. The Balaban J connectivity index is 1.52. The van der Waals surface area contributed by atoms with Crippen molar-refractivity contribution in [3.05, 3.63) is 53.4 Å². The quantitative estimate of drug-likeness (QED) is 0.281. The number of likely N-dealkylation sites (N-methyl/N-ethyl adjacent to an activating group) is 1. The van der Waals surface area contributed by atoms with Gasteiger partial charge < -0.3 is 28.8 Å². The van der Waals surface area contributed by atoms with Gasteiger partial charge >= 0.3 is 5.97 Å². The standard InChI is InChI=1S/C32H38N4O8S/c1-19-26(29(39)36(18-37)32(2,3)31(40)41)30(45-27(19)28-33-13-15-43-28)34(4)17-24(22-8-6-7-9-23(22)42-5)44-21-12-14-35-20(16-21)10-11-25(35)38/h6-9,13,15,18,20-21,24H,10-12,14,16-17H2,1-5H3,(H,40,41). The van der Waals surface area contributed by atoms with Crippen LogP contribution in [0.25, 0.3) is 10.8 Å². The van der Waals surface area contributed by atoms with Crippen LogP contribution in [0.15, 0.2) is 41.1 Å². The van der Waals surface area contributed by atoms with Crippen molar-refractivity contribution in [3.63, 3.8) is 0 Å². The molecular weight excluding hydrogens is 600 g/mol. The molecule has 45 heavy (non-hydrogen) atoms. The molecule has 2 aliphatic heterocycles. The Morgan fingerprint density at radius 1 is 1.29 bits per heavy atom. The molecule has 0 spiro atoms. The normalized spacial score (nSPS) is 18.8. The first kappa shape index (κ1) is 32.2. The van der Waals surface area contributed by atoms with Crippen LogP contribution in [0, 0.1) is 6.92 Å². The van der Waals surface area contributed by atoms with Gasteiger partial charge in [0.05, 0.1) is 29.9 Å². The topological polar surface area (TPSA) is 143 Å². The average molecular weight is 639 g/mol. The number of aromatic nitrogens is 1. The molecule has 2 aromatic heterocycles. The van der Waals surface area contributed by atoms with Gasteiger partial charge in [-0.05, 0) is 51.7 Å². The molecule has 4 heterocycles. The Bertz CT molecular complexity index is 1570. The lowest BCUT2D eigenvalue weighted by molar-refractivity contribution is -0.150. The highest BCUT2D eigenvalue weighted by atomic mass is 32.1. The van der Waals surface area contributed by atoms with E-state index in [0.29, 0.717) is 57.9 Å². The minimum absolute atomic E-state index is 0.101. The third-order valence-corrected chi connectivity index (χ3v) is 10.1. The number of methoxy groups -OCH3 is 1. The smallest absolute Gasteiger partial charge is 0.329 e. The molecule has 5 rings (SSSR count). The van der Waals surface area contributed by atoms with E-state index in [1.165, 1.54) is 37.6 Å². The van der Waals surface area contributed by atoms with Gasteiger partial charge in [-0.3, -0.25) is 19.3 Å². The number of amides is 3. The Kier molecular flexibility index (Phi) is 9.31. The van der Waals surface area contributed by atoms with E-state index in [4.69, 9.17) is 13.9 Å². The molecule has 3 unspecified atom stereocenters. The first-order valence-electron chi connectivity index (χ1n) is 14.8. The number of aliphatic carboxylic acids is 1. The number of nitrogens with zero attached hydrogens (tertiary/aromatic N) is 4. The van der Waals surface area contributed by atoms with E-state index in [-0.39, 0.29) is 30.0 Å². The van der Waals surface area contributed by atoms with Crippen molar-refractivity contribution in [3.8, 4) is 16.5 Å². The lowest BCUT2D eigenvalue weighted by atomic mass is 9.99. The summed E-state index contributed by atoms with van der Waals surface area (Å²) in [5.74, 6) is -0.922. The number of para-hydroxylation sites is 1. The van der Waals surface area contributed by atoms with Crippen LogP contribution in [0.3, 0.4) is 0 Å². The van der Waals surface area contributed by atoms with Crippen molar-refractivity contribution in [1.82, 2.24) is 14.8 Å². The van der Waals surface area contributed by atoms with Crippen LogP contribution >= 0.6 is 11.3 Å². The van der Waals surface area contributed by atoms with Crippen LogP contribution in [-0.4, -0.2) is 89.0 Å². The summed E-state index contributed by atoms with van der Waals surface area (Å²) in [6, 6.07) is 7.76. The summed E-state index contributed by atoms with van der Waals surface area (Å²) in [6.07, 6.45) is 5.41. The molecule has 3 atom stereocenters. The number of anilines is 1. The largest absolute Gasteiger partial charge is 0.496 e. The number of ether oxygens (including phenoxy) is 2. The summed E-state index contributed by atoms with van der Waals surface area (Å²) in [5, 5.41) is 10.3. The molecule has 0 aliphatic carbocycles. The van der Waals surface area contributed by atoms with Crippen LogP contribution in [0.2, 0.25) is 0 Å². The first-order chi connectivity index (χ1) is 21.5. The minimum Gasteiger partial charge on any atom is -0.496 e. The first-order valence-corrected chi connectivity index (χ1v) is 15.6. The van der Waals surface area contributed by atoms with Crippen molar-refractivity contribution in [2.75, 3.05) is 32.1 Å². The van der Waals surface area contributed by atoms with E-state index in [1.54, 1.807) is 14.0 Å². The number of rotatable bonds is 12. The molecule has 0 saturated carbocycles. The minimum atomic E-state index is -1.80. The predicted molar refractivity (Wildman–Crippen MR) is 166 cm³/mol. The number of piperidine rings is 1. The SMILES string of the molecule is COc1ccccc1C(CN(C)c1sc(-c2ncco2)c(C)c1C(=O)N(C=O)C(C)(C)C(=O)O)OC1CCN2C(=O)CCC2C1. The van der Waals surface area contributed by atoms with Crippen molar-refractivity contribution in [1.29, 1.82) is 0 Å². The number of carbonyl (C=O) groups is 4. The summed E-state index contributed by atoms with van der Waals surface area (Å²) in [7, 11) is 3.42. The van der Waals surface area contributed by atoms with E-state index in [0.717, 1.165) is 18.4 Å². The third kappa shape index (κ3) is 6.19. The lowest BCUT2D eigenvalue weighted by Crippen LogP contribution is -2.52. The van der Waals surface area contributed by atoms with Crippen LogP contribution in [0.1, 0.15) is 67.1 Å². The average Bonchev–Trinajstić information content (AvgIpc) is 3.76. The monoisotopic (exact) mass is 638 g/mol. The Hall–Kier alpha value is -4.23. The van der Waals surface area contributed by atoms with Crippen molar-refractivity contribution < 1.29 is 38.2 Å².